The van der Waals surface area contributed by atoms with E-state index in [4.69, 9.17) is 4.74 Å². The Bertz CT molecular complexity index is 600. The van der Waals surface area contributed by atoms with Gasteiger partial charge < -0.3 is 4.74 Å². The number of nitrogens with zero attached hydrogens (tertiary/aromatic N) is 1. The van der Waals surface area contributed by atoms with Crippen molar-refractivity contribution in [2.45, 2.75) is 31.8 Å². The molecule has 1 heterocycles. The lowest BCUT2D eigenvalue weighted by Crippen LogP contribution is -2.33. The Morgan fingerprint density at radius 1 is 1.09 bits per heavy atom. The monoisotopic (exact) mass is 297 g/mol. The molecule has 22 heavy (non-hydrogen) atoms. The van der Waals surface area contributed by atoms with Crippen LogP contribution in [0.15, 0.2) is 54.3 Å². The van der Waals surface area contributed by atoms with E-state index in [0.717, 1.165) is 25.0 Å². The Kier molecular flexibility index (Phi) is 4.37. The third-order valence-electron chi connectivity index (χ3n) is 3.96. The molecule has 0 saturated carbocycles. The van der Waals surface area contributed by atoms with Gasteiger partial charge in [0.25, 0.3) is 11.8 Å². The molecule has 2 aliphatic rings. The van der Waals surface area contributed by atoms with Gasteiger partial charge >= 0.3 is 0 Å². The highest BCUT2D eigenvalue weighted by Crippen LogP contribution is 2.23. The lowest BCUT2D eigenvalue weighted by Gasteiger charge is -2.26. The summed E-state index contributed by atoms with van der Waals surface area (Å²) in [4.78, 5) is 24.5. The van der Waals surface area contributed by atoms with Crippen LogP contribution in [-0.4, -0.2) is 29.4 Å². The minimum absolute atomic E-state index is 0.0184. The number of imide groups is 1. The summed E-state index contributed by atoms with van der Waals surface area (Å²) in [6.07, 6.45) is 8.19. The predicted molar refractivity (Wildman–Crippen MR) is 82.8 cm³/mol. The van der Waals surface area contributed by atoms with Gasteiger partial charge in [-0.15, -0.1) is 0 Å². The molecule has 4 nitrogen and oxygen atoms in total. The molecular formula is C18H19NO3. The van der Waals surface area contributed by atoms with Crippen LogP contribution in [0.1, 0.15) is 24.8 Å². The Balaban J connectivity index is 1.60. The fraction of sp³-hybridized carbons (Fsp3) is 0.333. The van der Waals surface area contributed by atoms with Gasteiger partial charge in [0.1, 0.15) is 6.10 Å². The zero-order chi connectivity index (χ0) is 15.4. The van der Waals surface area contributed by atoms with Crippen LogP contribution in [0.4, 0.5) is 0 Å². The predicted octanol–water partition coefficient (Wildman–Crippen LogP) is 2.61. The van der Waals surface area contributed by atoms with Crippen LogP contribution < -0.4 is 0 Å². The van der Waals surface area contributed by atoms with Gasteiger partial charge in [-0.25, -0.2) is 0 Å². The van der Waals surface area contributed by atoms with E-state index >= 15 is 0 Å². The highest BCUT2D eigenvalue weighted by atomic mass is 16.5. The number of amides is 2. The number of hydrogen-bond acceptors (Lipinski definition) is 3. The molecule has 0 bridgehead atoms. The maximum absolute atomic E-state index is 11.6. The number of carbonyl (C=O) groups excluding carboxylic acids is 2. The van der Waals surface area contributed by atoms with Gasteiger partial charge in [-0.05, 0) is 18.1 Å². The normalized spacial score (nSPS) is 18.2. The van der Waals surface area contributed by atoms with E-state index in [9.17, 15) is 9.59 Å². The first-order valence-electron chi connectivity index (χ1n) is 7.65. The molecule has 1 aromatic rings. The second kappa shape index (κ2) is 6.60. The van der Waals surface area contributed by atoms with Crippen molar-refractivity contribution in [1.29, 1.82) is 0 Å². The minimum atomic E-state index is -0.230. The number of carbonyl (C=O) groups is 2. The first kappa shape index (κ1) is 14.6. The van der Waals surface area contributed by atoms with Crippen molar-refractivity contribution in [1.82, 2.24) is 4.90 Å². The van der Waals surface area contributed by atoms with Crippen LogP contribution in [0, 0.1) is 0 Å². The van der Waals surface area contributed by atoms with Crippen molar-refractivity contribution in [2.75, 3.05) is 6.54 Å². The molecule has 0 fully saturated rings. The van der Waals surface area contributed by atoms with E-state index < -0.39 is 0 Å². The third kappa shape index (κ3) is 3.45. The van der Waals surface area contributed by atoms with Crippen LogP contribution in [0.3, 0.4) is 0 Å². The summed E-state index contributed by atoms with van der Waals surface area (Å²) < 4.78 is 6.01. The highest BCUT2D eigenvalue weighted by Gasteiger charge is 2.25. The number of hydrogen-bond donors (Lipinski definition) is 0. The molecule has 1 aliphatic carbocycles. The molecule has 2 amide bonds. The maximum atomic E-state index is 11.6. The van der Waals surface area contributed by atoms with Crippen molar-refractivity contribution >= 4 is 11.8 Å². The van der Waals surface area contributed by atoms with E-state index in [1.807, 2.05) is 18.2 Å². The lowest BCUT2D eigenvalue weighted by atomic mass is 10.0. The molecule has 0 N–H and O–H groups in total. The summed E-state index contributed by atoms with van der Waals surface area (Å²) in [5.74, 6) is 0.566. The molecule has 3 rings (SSSR count). The second-order valence-corrected chi connectivity index (χ2v) is 5.59. The number of ether oxygens (including phenoxy) is 1. The van der Waals surface area contributed by atoms with Gasteiger partial charge in [-0.1, -0.05) is 30.3 Å². The van der Waals surface area contributed by atoms with Crippen LogP contribution in [-0.2, 0) is 20.7 Å². The zero-order valence-corrected chi connectivity index (χ0v) is 12.4. The van der Waals surface area contributed by atoms with Crippen LogP contribution in [0.2, 0.25) is 0 Å². The fourth-order valence-corrected chi connectivity index (χ4v) is 2.59. The quantitative estimate of drug-likeness (QED) is 0.727. The molecule has 0 saturated heterocycles. The van der Waals surface area contributed by atoms with Crippen molar-refractivity contribution in [3.05, 3.63) is 59.9 Å². The van der Waals surface area contributed by atoms with Crippen molar-refractivity contribution in [2.24, 2.45) is 0 Å². The van der Waals surface area contributed by atoms with Crippen LogP contribution in [0.25, 0.3) is 0 Å². The molecule has 0 aromatic heterocycles. The lowest BCUT2D eigenvalue weighted by molar-refractivity contribution is -0.137. The van der Waals surface area contributed by atoms with E-state index in [-0.39, 0.29) is 17.9 Å². The summed E-state index contributed by atoms with van der Waals surface area (Å²) in [6, 6.07) is 10.1. The molecule has 1 aliphatic heterocycles. The van der Waals surface area contributed by atoms with E-state index in [1.165, 1.54) is 22.6 Å². The Morgan fingerprint density at radius 3 is 2.36 bits per heavy atom. The zero-order valence-electron chi connectivity index (χ0n) is 12.4. The van der Waals surface area contributed by atoms with E-state index in [0.29, 0.717) is 13.0 Å². The minimum Gasteiger partial charge on any atom is -0.495 e. The Hall–Kier alpha value is -2.36. The molecular weight excluding hydrogens is 278 g/mol. The summed E-state index contributed by atoms with van der Waals surface area (Å²) in [7, 11) is 0. The summed E-state index contributed by atoms with van der Waals surface area (Å²) in [6.45, 7) is 0.398. The average molecular weight is 297 g/mol. The largest absolute Gasteiger partial charge is 0.495 e. The topological polar surface area (TPSA) is 46.6 Å². The van der Waals surface area contributed by atoms with Crippen LogP contribution >= 0.6 is 0 Å². The summed E-state index contributed by atoms with van der Waals surface area (Å²) in [5, 5.41) is 0. The smallest absolute Gasteiger partial charge is 0.253 e. The van der Waals surface area contributed by atoms with Crippen LogP contribution in [0.5, 0.6) is 0 Å². The van der Waals surface area contributed by atoms with Gasteiger partial charge in [0.05, 0.1) is 5.76 Å². The number of benzene rings is 1. The third-order valence-corrected chi connectivity index (χ3v) is 3.96. The molecule has 114 valence electrons. The first-order chi connectivity index (χ1) is 10.7. The van der Waals surface area contributed by atoms with Gasteiger partial charge in [0, 0.05) is 38.0 Å². The second-order valence-electron chi connectivity index (χ2n) is 5.59. The summed E-state index contributed by atoms with van der Waals surface area (Å²) in [5.41, 5.74) is 1.20. The SMILES string of the molecule is O=C1C=CC(=O)N1CCC(Cc1ccccc1)OC1=CCC1. The Morgan fingerprint density at radius 2 is 1.77 bits per heavy atom. The molecule has 0 spiro atoms. The van der Waals surface area contributed by atoms with Gasteiger partial charge in [-0.2, -0.15) is 0 Å². The van der Waals surface area contributed by atoms with E-state index in [2.05, 4.69) is 18.2 Å². The average Bonchev–Trinajstić information content (AvgIpc) is 2.80. The molecule has 4 heteroatoms. The highest BCUT2D eigenvalue weighted by molar-refractivity contribution is 6.12. The molecule has 1 atom stereocenters. The van der Waals surface area contributed by atoms with Crippen molar-refractivity contribution in [3.8, 4) is 0 Å². The molecule has 1 unspecified atom stereocenters. The fourth-order valence-electron chi connectivity index (χ4n) is 2.59. The van der Waals surface area contributed by atoms with Gasteiger partial charge in [-0.3, -0.25) is 14.5 Å². The van der Waals surface area contributed by atoms with Gasteiger partial charge in [0.15, 0.2) is 0 Å². The standard InChI is InChI=1S/C18H19NO3/c20-17-9-10-18(21)19(17)12-11-16(22-15-7-4-8-15)13-14-5-2-1-3-6-14/h1-3,5-7,9-10,16H,4,8,11-13H2. The van der Waals surface area contributed by atoms with Crippen molar-refractivity contribution in [3.63, 3.8) is 0 Å². The maximum Gasteiger partial charge on any atom is 0.253 e. The number of rotatable bonds is 7. The number of allylic oxidation sites excluding steroid dienone is 2. The Labute approximate surface area is 130 Å². The molecule has 0 radical (unpaired) electrons. The van der Waals surface area contributed by atoms with E-state index in [1.54, 1.807) is 0 Å². The van der Waals surface area contributed by atoms with Crippen molar-refractivity contribution < 1.29 is 14.3 Å². The first-order valence-corrected chi connectivity index (χ1v) is 7.65. The summed E-state index contributed by atoms with van der Waals surface area (Å²) >= 11 is 0. The molecule has 1 aromatic carbocycles. The van der Waals surface area contributed by atoms with Gasteiger partial charge in [0.2, 0.25) is 0 Å².